The molecule has 20 heavy (non-hydrogen) atoms. The summed E-state index contributed by atoms with van der Waals surface area (Å²) in [7, 11) is 0. The Morgan fingerprint density at radius 3 is 2.95 bits per heavy atom. The van der Waals surface area contributed by atoms with Gasteiger partial charge in [-0.05, 0) is 37.8 Å². The van der Waals surface area contributed by atoms with Crippen LogP contribution in [0.2, 0.25) is 0 Å². The molecule has 2 heterocycles. The Balaban J connectivity index is 2.02. The summed E-state index contributed by atoms with van der Waals surface area (Å²) in [5.74, 6) is 2.54. The van der Waals surface area contributed by atoms with Crippen LogP contribution in [0.25, 0.3) is 10.9 Å². The molecule has 0 radical (unpaired) electrons. The number of piperidine rings is 1. The Morgan fingerprint density at radius 1 is 1.30 bits per heavy atom. The molecule has 1 aromatic heterocycles. The van der Waals surface area contributed by atoms with E-state index in [0.29, 0.717) is 0 Å². The third-order valence-corrected chi connectivity index (χ3v) is 3.88. The summed E-state index contributed by atoms with van der Waals surface area (Å²) in [6.45, 7) is 7.40. The van der Waals surface area contributed by atoms with Gasteiger partial charge in [-0.2, -0.15) is 4.98 Å². The van der Waals surface area contributed by atoms with Gasteiger partial charge in [0.15, 0.2) is 0 Å². The predicted molar refractivity (Wildman–Crippen MR) is 84.3 cm³/mol. The highest BCUT2D eigenvalue weighted by Gasteiger charge is 2.19. The zero-order valence-corrected chi connectivity index (χ0v) is 12.3. The van der Waals surface area contributed by atoms with Gasteiger partial charge in [-0.3, -0.25) is 0 Å². The minimum Gasteiger partial charge on any atom is -0.370 e. The molecule has 1 saturated heterocycles. The number of hydrogen-bond acceptors (Lipinski definition) is 4. The molecule has 1 aliphatic rings. The zero-order valence-electron chi connectivity index (χ0n) is 12.3. The third kappa shape index (κ3) is 2.55. The van der Waals surface area contributed by atoms with Gasteiger partial charge < -0.3 is 10.2 Å². The summed E-state index contributed by atoms with van der Waals surface area (Å²) in [4.78, 5) is 11.8. The maximum atomic E-state index is 4.75. The fourth-order valence-electron chi connectivity index (χ4n) is 2.88. The SMILES string of the molecule is CCNc1nc(N2CCC[C@H](C)C2)nc2ccccc12. The lowest BCUT2D eigenvalue weighted by molar-refractivity contribution is 0.442. The van der Waals surface area contributed by atoms with E-state index in [1.165, 1.54) is 12.8 Å². The standard InChI is InChI=1S/C16H22N4/c1-3-17-15-13-8-4-5-9-14(13)18-16(19-15)20-10-6-7-12(2)11-20/h4-5,8-9,12H,3,6-7,10-11H2,1-2H3,(H,17,18,19)/t12-/m0/s1. The average molecular weight is 270 g/mol. The summed E-state index contributed by atoms with van der Waals surface area (Å²) in [5, 5.41) is 4.46. The van der Waals surface area contributed by atoms with Crippen molar-refractivity contribution in [1.29, 1.82) is 0 Å². The van der Waals surface area contributed by atoms with E-state index < -0.39 is 0 Å². The number of nitrogens with zero attached hydrogens (tertiary/aromatic N) is 3. The van der Waals surface area contributed by atoms with Crippen molar-refractivity contribution in [2.75, 3.05) is 29.9 Å². The Labute approximate surface area is 120 Å². The molecule has 106 valence electrons. The fourth-order valence-corrected chi connectivity index (χ4v) is 2.88. The molecule has 0 unspecified atom stereocenters. The molecular formula is C16H22N4. The van der Waals surface area contributed by atoms with Crippen molar-refractivity contribution in [3.05, 3.63) is 24.3 Å². The maximum Gasteiger partial charge on any atom is 0.227 e. The van der Waals surface area contributed by atoms with E-state index in [-0.39, 0.29) is 0 Å². The van der Waals surface area contributed by atoms with Gasteiger partial charge in [0.2, 0.25) is 5.95 Å². The summed E-state index contributed by atoms with van der Waals surface area (Å²) in [5.41, 5.74) is 1.02. The van der Waals surface area contributed by atoms with E-state index in [9.17, 15) is 0 Å². The van der Waals surface area contributed by atoms with E-state index in [4.69, 9.17) is 9.97 Å². The molecule has 1 aliphatic heterocycles. The first kappa shape index (κ1) is 13.2. The van der Waals surface area contributed by atoms with Crippen molar-refractivity contribution < 1.29 is 0 Å². The molecular weight excluding hydrogens is 248 g/mol. The summed E-state index contributed by atoms with van der Waals surface area (Å²) in [6, 6.07) is 8.22. The fraction of sp³-hybridized carbons (Fsp3) is 0.500. The van der Waals surface area contributed by atoms with E-state index in [2.05, 4.69) is 36.2 Å². The van der Waals surface area contributed by atoms with E-state index in [0.717, 1.165) is 48.2 Å². The van der Waals surface area contributed by atoms with Gasteiger partial charge in [-0.1, -0.05) is 19.1 Å². The first-order chi connectivity index (χ1) is 9.78. The molecule has 2 aromatic rings. The first-order valence-corrected chi connectivity index (χ1v) is 7.53. The molecule has 4 heteroatoms. The van der Waals surface area contributed by atoms with Gasteiger partial charge >= 0.3 is 0 Å². The average Bonchev–Trinajstić information content (AvgIpc) is 2.47. The lowest BCUT2D eigenvalue weighted by atomic mass is 10.0. The van der Waals surface area contributed by atoms with E-state index in [1.54, 1.807) is 0 Å². The Hall–Kier alpha value is -1.84. The van der Waals surface area contributed by atoms with Gasteiger partial charge in [0.05, 0.1) is 5.52 Å². The van der Waals surface area contributed by atoms with E-state index >= 15 is 0 Å². The molecule has 0 spiro atoms. The van der Waals surface area contributed by atoms with Crippen molar-refractivity contribution in [2.24, 2.45) is 5.92 Å². The highest BCUT2D eigenvalue weighted by atomic mass is 15.3. The predicted octanol–water partition coefficient (Wildman–Crippen LogP) is 3.30. The molecule has 1 aromatic carbocycles. The molecule has 3 rings (SSSR count). The van der Waals surface area contributed by atoms with Gasteiger partial charge in [0, 0.05) is 25.0 Å². The van der Waals surface area contributed by atoms with Crippen LogP contribution < -0.4 is 10.2 Å². The molecule has 1 fully saturated rings. The van der Waals surface area contributed by atoms with Crippen molar-refractivity contribution in [2.45, 2.75) is 26.7 Å². The van der Waals surface area contributed by atoms with Crippen LogP contribution in [0.15, 0.2) is 24.3 Å². The van der Waals surface area contributed by atoms with Crippen LogP contribution in [0, 0.1) is 5.92 Å². The monoisotopic (exact) mass is 270 g/mol. The largest absolute Gasteiger partial charge is 0.370 e. The summed E-state index contributed by atoms with van der Waals surface area (Å²) in [6.07, 6.45) is 2.54. The highest BCUT2D eigenvalue weighted by Crippen LogP contribution is 2.26. The lowest BCUT2D eigenvalue weighted by Gasteiger charge is -2.31. The van der Waals surface area contributed by atoms with Gasteiger partial charge in [0.25, 0.3) is 0 Å². The second-order valence-electron chi connectivity index (χ2n) is 5.61. The van der Waals surface area contributed by atoms with Crippen LogP contribution in [-0.4, -0.2) is 29.6 Å². The molecule has 0 bridgehead atoms. The van der Waals surface area contributed by atoms with Crippen molar-refractivity contribution in [1.82, 2.24) is 9.97 Å². The van der Waals surface area contributed by atoms with Crippen LogP contribution in [0.3, 0.4) is 0 Å². The summed E-state index contributed by atoms with van der Waals surface area (Å²) < 4.78 is 0. The van der Waals surface area contributed by atoms with Crippen LogP contribution in [0.4, 0.5) is 11.8 Å². The van der Waals surface area contributed by atoms with E-state index in [1.807, 2.05) is 12.1 Å². The highest BCUT2D eigenvalue weighted by molar-refractivity contribution is 5.90. The number of aromatic nitrogens is 2. The number of nitrogens with one attached hydrogen (secondary N) is 1. The topological polar surface area (TPSA) is 41.1 Å². The molecule has 0 aliphatic carbocycles. The Bertz CT molecular complexity index is 596. The van der Waals surface area contributed by atoms with Crippen molar-refractivity contribution >= 4 is 22.7 Å². The molecule has 1 atom stereocenters. The Morgan fingerprint density at radius 2 is 2.15 bits per heavy atom. The number of para-hydroxylation sites is 1. The minimum absolute atomic E-state index is 0.724. The molecule has 1 N–H and O–H groups in total. The number of benzene rings is 1. The summed E-state index contributed by atoms with van der Waals surface area (Å²) >= 11 is 0. The third-order valence-electron chi connectivity index (χ3n) is 3.88. The van der Waals surface area contributed by atoms with Gasteiger partial charge in [0.1, 0.15) is 5.82 Å². The lowest BCUT2D eigenvalue weighted by Crippen LogP contribution is -2.35. The second kappa shape index (κ2) is 5.65. The first-order valence-electron chi connectivity index (χ1n) is 7.53. The molecule has 0 amide bonds. The molecule has 4 nitrogen and oxygen atoms in total. The maximum absolute atomic E-state index is 4.75. The van der Waals surface area contributed by atoms with Gasteiger partial charge in [-0.25, -0.2) is 4.98 Å². The van der Waals surface area contributed by atoms with Crippen LogP contribution in [0.1, 0.15) is 26.7 Å². The molecule has 0 saturated carbocycles. The quantitative estimate of drug-likeness (QED) is 0.929. The smallest absolute Gasteiger partial charge is 0.227 e. The number of anilines is 2. The number of fused-ring (bicyclic) bond motifs is 1. The second-order valence-corrected chi connectivity index (χ2v) is 5.61. The number of hydrogen-bond donors (Lipinski definition) is 1. The van der Waals surface area contributed by atoms with Crippen molar-refractivity contribution in [3.8, 4) is 0 Å². The van der Waals surface area contributed by atoms with Crippen LogP contribution in [0.5, 0.6) is 0 Å². The Kier molecular flexibility index (Phi) is 3.72. The zero-order chi connectivity index (χ0) is 13.9. The van der Waals surface area contributed by atoms with Gasteiger partial charge in [-0.15, -0.1) is 0 Å². The normalized spacial score (nSPS) is 19.3. The van der Waals surface area contributed by atoms with Crippen LogP contribution >= 0.6 is 0 Å². The number of rotatable bonds is 3. The van der Waals surface area contributed by atoms with Crippen molar-refractivity contribution in [3.63, 3.8) is 0 Å². The minimum atomic E-state index is 0.724. The van der Waals surface area contributed by atoms with Crippen LogP contribution in [-0.2, 0) is 0 Å².